The fourth-order valence-electron chi connectivity index (χ4n) is 9.05. The molecule has 3 heteroatoms. The molecule has 2 atom stereocenters. The first-order valence-corrected chi connectivity index (χ1v) is 17.4. The van der Waals surface area contributed by atoms with Crippen LogP contribution >= 0.6 is 10.4 Å². The lowest BCUT2D eigenvalue weighted by atomic mass is 9.83. The van der Waals surface area contributed by atoms with E-state index in [9.17, 15) is 0 Å². The second kappa shape index (κ2) is 7.69. The summed E-state index contributed by atoms with van der Waals surface area (Å²) in [6.45, 7) is 0. The highest BCUT2D eigenvalue weighted by molar-refractivity contribution is 8.32. The van der Waals surface area contributed by atoms with Crippen LogP contribution < -0.4 is 0 Å². The lowest BCUT2D eigenvalue weighted by molar-refractivity contribution is 0.760. The van der Waals surface area contributed by atoms with Crippen LogP contribution in [0.15, 0.2) is 143 Å². The molecule has 8 aromatic rings. The van der Waals surface area contributed by atoms with Gasteiger partial charge in [-0.2, -0.15) is 0 Å². The first kappa shape index (κ1) is 23.2. The maximum Gasteiger partial charge on any atom is 0.0785 e. The summed E-state index contributed by atoms with van der Waals surface area (Å²) in [6, 6.07) is 46.9. The molecule has 6 bridgehead atoms. The Kier molecular flexibility index (Phi) is 3.96. The first-order valence-electron chi connectivity index (χ1n) is 15.8. The van der Waals surface area contributed by atoms with Gasteiger partial charge in [-0.15, -0.1) is 0 Å². The highest BCUT2D eigenvalue weighted by Gasteiger charge is 2.46. The molecule has 2 unspecified atom stereocenters. The third-order valence-corrected chi connectivity index (χ3v) is 14.7. The SMILES string of the molecule is C1=CC2c3cc4cc5n(c4cc31)S(c1cccc3ccccc13)(c1cccc3ccccc13)n1c-5cc3cc4c(cc31)C=CC42. The highest BCUT2D eigenvalue weighted by atomic mass is 32.3. The predicted octanol–water partition coefficient (Wildman–Crippen LogP) is 11.3. The molecule has 6 aromatic carbocycles. The van der Waals surface area contributed by atoms with Crippen molar-refractivity contribution in [3.63, 3.8) is 0 Å². The van der Waals surface area contributed by atoms with Gasteiger partial charge in [0.05, 0.1) is 22.4 Å². The molecule has 0 amide bonds. The quantitative estimate of drug-likeness (QED) is 0.190. The average Bonchev–Trinajstić information content (AvgIpc) is 3.89. The fraction of sp³-hybridized carbons (Fsp3) is 0.0476. The second-order valence-electron chi connectivity index (χ2n) is 13.0. The van der Waals surface area contributed by atoms with Gasteiger partial charge in [0.1, 0.15) is 0 Å². The molecule has 0 saturated heterocycles. The van der Waals surface area contributed by atoms with Crippen LogP contribution in [0.5, 0.6) is 0 Å². The molecular weight excluding hydrogens is 565 g/mol. The van der Waals surface area contributed by atoms with Crippen molar-refractivity contribution in [3.8, 4) is 11.4 Å². The van der Waals surface area contributed by atoms with Crippen molar-refractivity contribution in [2.24, 2.45) is 0 Å². The van der Waals surface area contributed by atoms with Gasteiger partial charge in [0, 0.05) is 32.4 Å². The van der Waals surface area contributed by atoms with Crippen molar-refractivity contribution >= 4 is 65.9 Å². The second-order valence-corrected chi connectivity index (χ2v) is 15.7. The molecule has 0 spiro atoms. The van der Waals surface area contributed by atoms with E-state index in [0.29, 0.717) is 11.8 Å². The third-order valence-electron chi connectivity index (χ3n) is 10.9. The lowest BCUT2D eigenvalue weighted by Crippen LogP contribution is -2.16. The van der Waals surface area contributed by atoms with Crippen molar-refractivity contribution in [2.45, 2.75) is 21.6 Å². The lowest BCUT2D eigenvalue weighted by Gasteiger charge is -2.43. The Morgan fingerprint density at radius 1 is 0.444 bits per heavy atom. The molecule has 0 N–H and O–H groups in total. The number of hydrogen-bond acceptors (Lipinski definition) is 0. The molecule has 3 aliphatic carbocycles. The van der Waals surface area contributed by atoms with Crippen LogP contribution in [-0.2, 0) is 0 Å². The first-order chi connectivity index (χ1) is 22.3. The van der Waals surface area contributed by atoms with Crippen LogP contribution in [0.1, 0.15) is 34.1 Å². The van der Waals surface area contributed by atoms with Crippen LogP contribution in [0, 0.1) is 0 Å². The largest absolute Gasteiger partial charge is 0.276 e. The van der Waals surface area contributed by atoms with E-state index in [4.69, 9.17) is 0 Å². The van der Waals surface area contributed by atoms with E-state index >= 15 is 0 Å². The summed E-state index contributed by atoms with van der Waals surface area (Å²) in [6.07, 6.45) is 9.67. The van der Waals surface area contributed by atoms with Crippen LogP contribution in [0.25, 0.3) is 66.9 Å². The Bertz CT molecular complexity index is 2530. The van der Waals surface area contributed by atoms with Gasteiger partial charge in [0.15, 0.2) is 0 Å². The summed E-state index contributed by atoms with van der Waals surface area (Å²) in [7, 11) is -2.10. The molecule has 1 aliphatic heterocycles. The summed E-state index contributed by atoms with van der Waals surface area (Å²) < 4.78 is 5.54. The Balaban J connectivity index is 1.41. The molecule has 12 rings (SSSR count). The van der Waals surface area contributed by atoms with Gasteiger partial charge >= 0.3 is 0 Å². The van der Waals surface area contributed by atoms with E-state index in [2.05, 4.69) is 154 Å². The monoisotopic (exact) mass is 590 g/mol. The summed E-state index contributed by atoms with van der Waals surface area (Å²) in [5.41, 5.74) is 10.9. The number of rotatable bonds is 2. The summed E-state index contributed by atoms with van der Waals surface area (Å²) in [5.74, 6) is 0.724. The van der Waals surface area contributed by atoms with E-state index in [1.54, 1.807) is 0 Å². The minimum atomic E-state index is -2.10. The Morgan fingerprint density at radius 3 is 1.42 bits per heavy atom. The summed E-state index contributed by atoms with van der Waals surface area (Å²) >= 11 is 0. The Morgan fingerprint density at radius 2 is 0.911 bits per heavy atom. The van der Waals surface area contributed by atoms with Crippen LogP contribution in [0.3, 0.4) is 0 Å². The predicted molar refractivity (Wildman–Crippen MR) is 189 cm³/mol. The molecule has 0 radical (unpaired) electrons. The van der Waals surface area contributed by atoms with Gasteiger partial charge in [0.25, 0.3) is 0 Å². The van der Waals surface area contributed by atoms with Crippen molar-refractivity contribution < 1.29 is 0 Å². The zero-order valence-corrected chi connectivity index (χ0v) is 25.1. The maximum absolute atomic E-state index is 2.77. The fourth-order valence-corrected chi connectivity index (χ4v) is 13.5. The normalized spacial score (nSPS) is 19.8. The van der Waals surface area contributed by atoms with Crippen molar-refractivity contribution in [1.82, 2.24) is 7.94 Å². The smallest absolute Gasteiger partial charge is 0.0785 e. The summed E-state index contributed by atoms with van der Waals surface area (Å²) in [5, 5.41) is 7.87. The van der Waals surface area contributed by atoms with E-state index in [1.807, 2.05) is 0 Å². The number of benzene rings is 6. The highest BCUT2D eigenvalue weighted by Crippen LogP contribution is 2.74. The van der Waals surface area contributed by atoms with Gasteiger partial charge in [-0.05, 0) is 103 Å². The number of aromatic nitrogens is 2. The van der Waals surface area contributed by atoms with E-state index < -0.39 is 10.4 Å². The van der Waals surface area contributed by atoms with Gasteiger partial charge in [-0.25, -0.2) is 0 Å². The number of fused-ring (bicyclic) bond motifs is 5. The van der Waals surface area contributed by atoms with Crippen LogP contribution in [0.2, 0.25) is 0 Å². The number of hydrogen-bond donors (Lipinski definition) is 0. The van der Waals surface area contributed by atoms with Crippen molar-refractivity contribution in [1.29, 1.82) is 0 Å². The average molecular weight is 591 g/mol. The van der Waals surface area contributed by atoms with Crippen LogP contribution in [-0.4, -0.2) is 7.94 Å². The Hall–Kier alpha value is -5.25. The van der Waals surface area contributed by atoms with Gasteiger partial charge in [0.2, 0.25) is 0 Å². The van der Waals surface area contributed by atoms with Gasteiger partial charge < -0.3 is 0 Å². The zero-order chi connectivity index (χ0) is 29.0. The van der Waals surface area contributed by atoms with Gasteiger partial charge in [-0.3, -0.25) is 7.94 Å². The van der Waals surface area contributed by atoms with Gasteiger partial charge in [-0.1, -0.05) is 97.1 Å². The van der Waals surface area contributed by atoms with Crippen molar-refractivity contribution in [3.05, 3.63) is 156 Å². The molecule has 3 heterocycles. The molecule has 0 fully saturated rings. The maximum atomic E-state index is 2.77. The topological polar surface area (TPSA) is 9.86 Å². The zero-order valence-electron chi connectivity index (χ0n) is 24.3. The van der Waals surface area contributed by atoms with Crippen molar-refractivity contribution in [2.75, 3.05) is 0 Å². The minimum absolute atomic E-state index is 0.362. The van der Waals surface area contributed by atoms with E-state index in [-0.39, 0.29) is 0 Å². The molecule has 2 nitrogen and oxygen atoms in total. The summed E-state index contributed by atoms with van der Waals surface area (Å²) in [4.78, 5) is 2.76. The molecule has 0 saturated carbocycles. The molecule has 4 aliphatic rings. The third kappa shape index (κ3) is 2.57. The molecule has 45 heavy (non-hydrogen) atoms. The molecule has 2 aromatic heterocycles. The van der Waals surface area contributed by atoms with Crippen LogP contribution in [0.4, 0.5) is 0 Å². The number of allylic oxidation sites excluding steroid dienone is 2. The molecule has 210 valence electrons. The van der Waals surface area contributed by atoms with E-state index in [0.717, 1.165) is 0 Å². The Labute approximate surface area is 261 Å². The minimum Gasteiger partial charge on any atom is -0.276 e. The molecular formula is C42H26N2S. The van der Waals surface area contributed by atoms with E-state index in [1.165, 1.54) is 86.8 Å². The standard InChI is InChI=1S/C42H26N2S/c1-3-11-31-25(7-1)9-5-13-41(31)45(42-14-6-10-26-8-2-4-12-32(26)42)43-37-21-27-15-17-33-34-18-16-28-22-38-30(20-36(28)34)24-40(44(38)45)39(43)23-29(37)19-35(27)33/h1-24,33-34H. The number of nitrogens with zero attached hydrogens (tertiary/aromatic N) is 2.